The van der Waals surface area contributed by atoms with Crippen LogP contribution in [-0.4, -0.2) is 17.1 Å². The molecule has 0 spiro atoms. The molecule has 0 bridgehead atoms. The lowest BCUT2D eigenvalue weighted by molar-refractivity contribution is 0.0311. The number of pyridine rings is 1. The highest BCUT2D eigenvalue weighted by atomic mass is 35.5. The number of benzene rings is 1. The second-order valence-electron chi connectivity index (χ2n) is 4.83. The Morgan fingerprint density at radius 1 is 1.26 bits per heavy atom. The van der Waals surface area contributed by atoms with Crippen LogP contribution in [0.4, 0.5) is 0 Å². The second-order valence-corrected chi connectivity index (χ2v) is 5.19. The fourth-order valence-corrected chi connectivity index (χ4v) is 2.74. The van der Waals surface area contributed by atoms with Gasteiger partial charge in [0, 0.05) is 5.39 Å². The van der Waals surface area contributed by atoms with Crippen molar-refractivity contribution in [3.8, 4) is 0 Å². The zero-order valence-electron chi connectivity index (χ0n) is 10.4. The molecule has 1 aromatic heterocycles. The van der Waals surface area contributed by atoms with Crippen LogP contribution in [0, 0.1) is 0 Å². The molecule has 1 aromatic carbocycles. The van der Waals surface area contributed by atoms with Crippen LogP contribution in [0.5, 0.6) is 0 Å². The second kappa shape index (κ2) is 5.17. The molecule has 1 aliphatic rings. The van der Waals surface area contributed by atoms with Crippen molar-refractivity contribution >= 4 is 28.3 Å². The van der Waals surface area contributed by atoms with Gasteiger partial charge in [-0.2, -0.15) is 0 Å². The van der Waals surface area contributed by atoms with Gasteiger partial charge in [0.25, 0.3) is 0 Å². The number of aromatic nitrogens is 1. The van der Waals surface area contributed by atoms with E-state index in [-0.39, 0.29) is 17.8 Å². The van der Waals surface area contributed by atoms with Crippen molar-refractivity contribution in [1.82, 2.24) is 4.98 Å². The van der Waals surface area contributed by atoms with Crippen LogP contribution in [-0.2, 0) is 4.74 Å². The zero-order valence-corrected chi connectivity index (χ0v) is 11.2. The van der Waals surface area contributed by atoms with Gasteiger partial charge in [-0.05, 0) is 37.1 Å². The first kappa shape index (κ1) is 12.4. The quantitative estimate of drug-likeness (QED) is 0.614. The minimum Gasteiger partial charge on any atom is -0.458 e. The first-order valence-corrected chi connectivity index (χ1v) is 6.88. The van der Waals surface area contributed by atoms with Gasteiger partial charge in [0.05, 0.1) is 0 Å². The summed E-state index contributed by atoms with van der Waals surface area (Å²) >= 11 is 6.10. The highest BCUT2D eigenvalue weighted by Gasteiger charge is 2.21. The predicted molar refractivity (Wildman–Crippen MR) is 74.4 cm³/mol. The van der Waals surface area contributed by atoms with Crippen LogP contribution in [0.15, 0.2) is 30.3 Å². The first-order chi connectivity index (χ1) is 9.24. The van der Waals surface area contributed by atoms with Crippen LogP contribution in [0.3, 0.4) is 0 Å². The van der Waals surface area contributed by atoms with Gasteiger partial charge in [-0.3, -0.25) is 0 Å². The average Bonchev–Trinajstić information content (AvgIpc) is 2.91. The molecule has 0 aliphatic heterocycles. The molecule has 1 aliphatic carbocycles. The van der Waals surface area contributed by atoms with E-state index >= 15 is 0 Å². The largest absolute Gasteiger partial charge is 0.458 e. The monoisotopic (exact) mass is 275 g/mol. The molecule has 3 rings (SSSR count). The third kappa shape index (κ3) is 2.56. The molecular weight excluding hydrogens is 262 g/mol. The van der Waals surface area contributed by atoms with E-state index in [2.05, 4.69) is 4.98 Å². The Kier molecular flexibility index (Phi) is 3.38. The molecule has 0 saturated heterocycles. The molecule has 0 unspecified atom stereocenters. The number of rotatable bonds is 2. The number of hydrogen-bond donors (Lipinski definition) is 0. The molecule has 1 heterocycles. The molecule has 4 heteroatoms. The summed E-state index contributed by atoms with van der Waals surface area (Å²) < 4.78 is 5.44. The van der Waals surface area contributed by atoms with Crippen LogP contribution in [0.2, 0.25) is 5.15 Å². The Morgan fingerprint density at radius 3 is 2.79 bits per heavy atom. The van der Waals surface area contributed by atoms with E-state index in [9.17, 15) is 4.79 Å². The number of halogens is 1. The van der Waals surface area contributed by atoms with Crippen LogP contribution in [0.25, 0.3) is 10.8 Å². The van der Waals surface area contributed by atoms with Gasteiger partial charge in [-0.1, -0.05) is 35.9 Å². The van der Waals surface area contributed by atoms with Crippen molar-refractivity contribution in [2.24, 2.45) is 0 Å². The summed E-state index contributed by atoms with van der Waals surface area (Å²) in [6, 6.07) is 9.33. The number of nitrogens with zero attached hydrogens (tertiary/aromatic N) is 1. The summed E-state index contributed by atoms with van der Waals surface area (Å²) in [4.78, 5) is 16.2. The third-order valence-corrected chi connectivity index (χ3v) is 3.77. The highest BCUT2D eigenvalue weighted by molar-refractivity contribution is 6.34. The Morgan fingerprint density at radius 2 is 2.00 bits per heavy atom. The van der Waals surface area contributed by atoms with Crippen molar-refractivity contribution in [2.45, 2.75) is 31.8 Å². The van der Waals surface area contributed by atoms with E-state index in [0.29, 0.717) is 5.15 Å². The van der Waals surface area contributed by atoms with Gasteiger partial charge >= 0.3 is 5.97 Å². The molecule has 1 fully saturated rings. The number of hydrogen-bond acceptors (Lipinski definition) is 3. The summed E-state index contributed by atoms with van der Waals surface area (Å²) in [5.74, 6) is -0.375. The van der Waals surface area contributed by atoms with Crippen LogP contribution in [0.1, 0.15) is 36.2 Å². The molecule has 98 valence electrons. The van der Waals surface area contributed by atoms with Crippen molar-refractivity contribution in [2.75, 3.05) is 0 Å². The number of ether oxygens (including phenoxy) is 1. The van der Waals surface area contributed by atoms with E-state index in [1.165, 1.54) is 0 Å². The lowest BCUT2D eigenvalue weighted by atomic mass is 10.1. The summed E-state index contributed by atoms with van der Waals surface area (Å²) in [7, 11) is 0. The third-order valence-electron chi connectivity index (χ3n) is 3.48. The maximum atomic E-state index is 12.1. The summed E-state index contributed by atoms with van der Waals surface area (Å²) in [5.41, 5.74) is 0.288. The number of esters is 1. The summed E-state index contributed by atoms with van der Waals surface area (Å²) in [6.45, 7) is 0. The van der Waals surface area contributed by atoms with Crippen molar-refractivity contribution in [1.29, 1.82) is 0 Å². The van der Waals surface area contributed by atoms with E-state index < -0.39 is 0 Å². The van der Waals surface area contributed by atoms with Gasteiger partial charge in [0.15, 0.2) is 5.69 Å². The number of fused-ring (bicyclic) bond motifs is 1. The van der Waals surface area contributed by atoms with Crippen molar-refractivity contribution < 1.29 is 9.53 Å². The lowest BCUT2D eigenvalue weighted by Crippen LogP contribution is -2.16. The first-order valence-electron chi connectivity index (χ1n) is 6.50. The Labute approximate surface area is 116 Å². The SMILES string of the molecule is O=C(OC1CCCC1)c1cc2ccccc2c(Cl)n1. The van der Waals surface area contributed by atoms with E-state index in [1.807, 2.05) is 24.3 Å². The van der Waals surface area contributed by atoms with Gasteiger partial charge in [0.2, 0.25) is 0 Å². The molecule has 2 aromatic rings. The fourth-order valence-electron chi connectivity index (χ4n) is 2.48. The average molecular weight is 276 g/mol. The zero-order chi connectivity index (χ0) is 13.2. The molecule has 0 atom stereocenters. The maximum absolute atomic E-state index is 12.1. The molecule has 3 nitrogen and oxygen atoms in total. The summed E-state index contributed by atoms with van der Waals surface area (Å²) in [6.07, 6.45) is 4.20. The molecular formula is C15H14ClNO2. The van der Waals surface area contributed by atoms with E-state index in [4.69, 9.17) is 16.3 Å². The molecule has 0 N–H and O–H groups in total. The Balaban J connectivity index is 1.89. The van der Waals surface area contributed by atoms with E-state index in [1.54, 1.807) is 6.07 Å². The van der Waals surface area contributed by atoms with Gasteiger partial charge < -0.3 is 4.74 Å². The highest BCUT2D eigenvalue weighted by Crippen LogP contribution is 2.25. The van der Waals surface area contributed by atoms with Crippen molar-refractivity contribution in [3.05, 3.63) is 41.2 Å². The maximum Gasteiger partial charge on any atom is 0.357 e. The minimum atomic E-state index is -0.375. The molecule has 0 radical (unpaired) electrons. The van der Waals surface area contributed by atoms with Gasteiger partial charge in [-0.15, -0.1) is 0 Å². The minimum absolute atomic E-state index is 0.0412. The Bertz CT molecular complexity index is 621. The standard InChI is InChI=1S/C15H14ClNO2/c16-14-12-8-4-1-5-10(12)9-13(17-14)15(18)19-11-6-2-3-7-11/h1,4-5,8-9,11H,2-3,6-7H2. The predicted octanol–water partition coefficient (Wildman–Crippen LogP) is 3.99. The van der Waals surface area contributed by atoms with Gasteiger partial charge in [0.1, 0.15) is 11.3 Å². The topological polar surface area (TPSA) is 39.2 Å². The fraction of sp³-hybridized carbons (Fsp3) is 0.333. The Hall–Kier alpha value is -1.61. The van der Waals surface area contributed by atoms with Crippen LogP contribution >= 0.6 is 11.6 Å². The lowest BCUT2D eigenvalue weighted by Gasteiger charge is -2.11. The summed E-state index contributed by atoms with van der Waals surface area (Å²) in [5, 5.41) is 2.10. The molecule has 1 saturated carbocycles. The molecule has 0 amide bonds. The smallest absolute Gasteiger partial charge is 0.357 e. The van der Waals surface area contributed by atoms with Crippen LogP contribution < -0.4 is 0 Å². The number of carbonyl (C=O) groups excluding carboxylic acids is 1. The number of carbonyl (C=O) groups is 1. The van der Waals surface area contributed by atoms with Gasteiger partial charge in [-0.25, -0.2) is 9.78 Å². The van der Waals surface area contributed by atoms with E-state index in [0.717, 1.165) is 36.5 Å². The van der Waals surface area contributed by atoms with Crippen molar-refractivity contribution in [3.63, 3.8) is 0 Å². The molecule has 19 heavy (non-hydrogen) atoms. The normalized spacial score (nSPS) is 15.8.